The number of aromatic nitrogens is 4. The number of nitrogens with zero attached hydrogens (tertiary/aromatic N) is 4. The van der Waals surface area contributed by atoms with E-state index in [-0.39, 0.29) is 5.75 Å². The number of nitrogens with one attached hydrogen (secondary N) is 1. The van der Waals surface area contributed by atoms with Crippen molar-refractivity contribution in [2.75, 3.05) is 4.72 Å². The molecule has 0 radical (unpaired) electrons. The lowest BCUT2D eigenvalue weighted by Gasteiger charge is -2.10. The first-order valence-corrected chi connectivity index (χ1v) is 11.6. The summed E-state index contributed by atoms with van der Waals surface area (Å²) in [5.74, 6) is 1.39. The number of hydrogen-bond acceptors (Lipinski definition) is 6. The largest absolute Gasteiger partial charge is 0.439 e. The van der Waals surface area contributed by atoms with E-state index in [2.05, 4.69) is 19.8 Å². The minimum absolute atomic E-state index is 0.0956. The Labute approximate surface area is 187 Å². The molecule has 164 valence electrons. The van der Waals surface area contributed by atoms with Gasteiger partial charge in [-0.3, -0.25) is 4.72 Å². The van der Waals surface area contributed by atoms with Gasteiger partial charge in [-0.05, 0) is 56.2 Å². The second-order valence-electron chi connectivity index (χ2n) is 7.40. The molecule has 0 aliphatic heterocycles. The standard InChI is InChI=1S/C23H23N5O3S/c1-16-17(2)26-28(18(16)3)22-13-23(25-15-24-22)31-21-11-9-20(10-12-21)27-32(29,30)14-19-7-5-4-6-8-19/h4-13,15,27H,14H2,1-3H3. The Balaban J connectivity index is 1.45. The first kappa shape index (κ1) is 21.5. The van der Waals surface area contributed by atoms with Gasteiger partial charge in [-0.1, -0.05) is 30.3 Å². The van der Waals surface area contributed by atoms with Crippen molar-refractivity contribution < 1.29 is 13.2 Å². The molecule has 0 atom stereocenters. The third-order valence-electron chi connectivity index (χ3n) is 5.05. The van der Waals surface area contributed by atoms with E-state index in [0.29, 0.717) is 23.1 Å². The number of aryl methyl sites for hydroxylation is 1. The Morgan fingerprint density at radius 1 is 0.969 bits per heavy atom. The third-order valence-corrected chi connectivity index (χ3v) is 6.31. The molecule has 0 saturated heterocycles. The average molecular weight is 450 g/mol. The van der Waals surface area contributed by atoms with Crippen LogP contribution in [-0.4, -0.2) is 28.2 Å². The summed E-state index contributed by atoms with van der Waals surface area (Å²) in [5.41, 5.74) is 4.22. The molecule has 9 heteroatoms. The van der Waals surface area contributed by atoms with E-state index in [9.17, 15) is 8.42 Å². The minimum atomic E-state index is -3.52. The molecule has 0 spiro atoms. The molecule has 0 aliphatic carbocycles. The van der Waals surface area contributed by atoms with Gasteiger partial charge in [-0.15, -0.1) is 0 Å². The molecule has 32 heavy (non-hydrogen) atoms. The van der Waals surface area contributed by atoms with Crippen LogP contribution in [0.25, 0.3) is 5.82 Å². The van der Waals surface area contributed by atoms with Crippen LogP contribution in [0.1, 0.15) is 22.5 Å². The quantitative estimate of drug-likeness (QED) is 0.451. The molecular formula is C23H23N5O3S. The molecule has 4 aromatic rings. The molecule has 2 aromatic carbocycles. The van der Waals surface area contributed by atoms with Crippen LogP contribution < -0.4 is 9.46 Å². The van der Waals surface area contributed by atoms with Crippen molar-refractivity contribution >= 4 is 15.7 Å². The second kappa shape index (κ2) is 8.80. The van der Waals surface area contributed by atoms with E-state index in [1.54, 1.807) is 47.1 Å². The van der Waals surface area contributed by atoms with Crippen LogP contribution >= 0.6 is 0 Å². The molecule has 1 N–H and O–H groups in total. The lowest BCUT2D eigenvalue weighted by atomic mass is 10.2. The number of sulfonamides is 1. The number of anilines is 1. The molecule has 0 fully saturated rings. The van der Waals surface area contributed by atoms with Crippen molar-refractivity contribution in [3.05, 3.63) is 89.5 Å². The fourth-order valence-electron chi connectivity index (χ4n) is 3.17. The number of ether oxygens (including phenoxy) is 1. The van der Waals surface area contributed by atoms with Crippen molar-refractivity contribution in [1.82, 2.24) is 19.7 Å². The van der Waals surface area contributed by atoms with Crippen molar-refractivity contribution in [1.29, 1.82) is 0 Å². The number of hydrogen-bond donors (Lipinski definition) is 1. The summed E-state index contributed by atoms with van der Waals surface area (Å²) >= 11 is 0. The van der Waals surface area contributed by atoms with E-state index < -0.39 is 10.0 Å². The molecule has 4 rings (SSSR count). The van der Waals surface area contributed by atoms with Crippen LogP contribution in [0, 0.1) is 20.8 Å². The van der Waals surface area contributed by atoms with Gasteiger partial charge in [0.15, 0.2) is 5.82 Å². The smallest absolute Gasteiger partial charge is 0.236 e. The van der Waals surface area contributed by atoms with Gasteiger partial charge in [0.2, 0.25) is 15.9 Å². The third kappa shape index (κ3) is 4.94. The van der Waals surface area contributed by atoms with Crippen molar-refractivity contribution in [3.8, 4) is 17.4 Å². The zero-order valence-corrected chi connectivity index (χ0v) is 18.8. The highest BCUT2D eigenvalue weighted by molar-refractivity contribution is 7.91. The monoisotopic (exact) mass is 449 g/mol. The maximum absolute atomic E-state index is 12.4. The molecule has 8 nitrogen and oxygen atoms in total. The molecule has 0 unspecified atom stereocenters. The summed E-state index contributed by atoms with van der Waals surface area (Å²) in [5, 5.41) is 4.51. The Morgan fingerprint density at radius 3 is 2.34 bits per heavy atom. The van der Waals surface area contributed by atoms with Gasteiger partial charge >= 0.3 is 0 Å². The predicted octanol–water partition coefficient (Wildman–Crippen LogP) is 4.32. The van der Waals surface area contributed by atoms with Crippen LogP contribution in [0.4, 0.5) is 5.69 Å². The number of benzene rings is 2. The lowest BCUT2D eigenvalue weighted by Crippen LogP contribution is -2.14. The highest BCUT2D eigenvalue weighted by atomic mass is 32.2. The van der Waals surface area contributed by atoms with E-state index in [1.807, 2.05) is 39.0 Å². The molecule has 0 bridgehead atoms. The van der Waals surface area contributed by atoms with Crippen molar-refractivity contribution in [2.24, 2.45) is 0 Å². The molecule has 2 aromatic heterocycles. The van der Waals surface area contributed by atoms with Crippen LogP contribution in [-0.2, 0) is 15.8 Å². The zero-order valence-electron chi connectivity index (χ0n) is 18.0. The highest BCUT2D eigenvalue weighted by Gasteiger charge is 2.13. The molecular weight excluding hydrogens is 426 g/mol. The molecule has 2 heterocycles. The summed E-state index contributed by atoms with van der Waals surface area (Å²) in [7, 11) is -3.52. The maximum atomic E-state index is 12.4. The van der Waals surface area contributed by atoms with Crippen LogP contribution in [0.2, 0.25) is 0 Å². The molecule has 0 aliphatic rings. The maximum Gasteiger partial charge on any atom is 0.236 e. The minimum Gasteiger partial charge on any atom is -0.439 e. The van der Waals surface area contributed by atoms with Gasteiger partial charge in [-0.2, -0.15) is 5.10 Å². The van der Waals surface area contributed by atoms with Gasteiger partial charge in [0.25, 0.3) is 0 Å². The lowest BCUT2D eigenvalue weighted by molar-refractivity contribution is 0.460. The zero-order chi connectivity index (χ0) is 22.7. The second-order valence-corrected chi connectivity index (χ2v) is 9.12. The van der Waals surface area contributed by atoms with E-state index in [1.165, 1.54) is 6.33 Å². The van der Waals surface area contributed by atoms with Crippen molar-refractivity contribution in [3.63, 3.8) is 0 Å². The van der Waals surface area contributed by atoms with E-state index in [0.717, 1.165) is 22.5 Å². The summed E-state index contributed by atoms with van der Waals surface area (Å²) in [6, 6.07) is 17.4. The van der Waals surface area contributed by atoms with Gasteiger partial charge in [0.1, 0.15) is 12.1 Å². The summed E-state index contributed by atoms with van der Waals surface area (Å²) in [6.07, 6.45) is 1.42. The molecule has 0 saturated carbocycles. The Kier molecular flexibility index (Phi) is 5.91. The Bertz CT molecular complexity index is 1330. The summed E-state index contributed by atoms with van der Waals surface area (Å²) < 4.78 is 35.0. The van der Waals surface area contributed by atoms with Gasteiger partial charge in [-0.25, -0.2) is 23.1 Å². The van der Waals surface area contributed by atoms with Crippen LogP contribution in [0.3, 0.4) is 0 Å². The first-order valence-electron chi connectivity index (χ1n) is 9.98. The average Bonchev–Trinajstić information content (AvgIpc) is 3.03. The van der Waals surface area contributed by atoms with E-state index >= 15 is 0 Å². The topological polar surface area (TPSA) is 99.0 Å². The fourth-order valence-corrected chi connectivity index (χ4v) is 4.36. The van der Waals surface area contributed by atoms with Gasteiger partial charge in [0.05, 0.1) is 11.4 Å². The van der Waals surface area contributed by atoms with Crippen LogP contribution in [0.5, 0.6) is 11.6 Å². The van der Waals surface area contributed by atoms with Crippen LogP contribution in [0.15, 0.2) is 67.0 Å². The van der Waals surface area contributed by atoms with Gasteiger partial charge < -0.3 is 4.74 Å². The fraction of sp³-hybridized carbons (Fsp3) is 0.174. The van der Waals surface area contributed by atoms with E-state index in [4.69, 9.17) is 4.74 Å². The van der Waals surface area contributed by atoms with Crippen molar-refractivity contribution in [2.45, 2.75) is 26.5 Å². The number of rotatable bonds is 7. The first-order chi connectivity index (χ1) is 15.3. The SMILES string of the molecule is Cc1nn(-c2cc(Oc3ccc(NS(=O)(=O)Cc4ccccc4)cc3)ncn2)c(C)c1C. The highest BCUT2D eigenvalue weighted by Crippen LogP contribution is 2.24. The predicted molar refractivity (Wildman–Crippen MR) is 123 cm³/mol. The molecule has 0 amide bonds. The van der Waals surface area contributed by atoms with Gasteiger partial charge in [0, 0.05) is 17.4 Å². The summed E-state index contributed by atoms with van der Waals surface area (Å²) in [4.78, 5) is 8.45. The Hall–Kier alpha value is -3.72. The Morgan fingerprint density at radius 2 is 1.69 bits per heavy atom. The summed E-state index contributed by atoms with van der Waals surface area (Å²) in [6.45, 7) is 5.95. The normalized spacial score (nSPS) is 11.3.